The van der Waals surface area contributed by atoms with E-state index in [0.717, 1.165) is 48.4 Å². The van der Waals surface area contributed by atoms with Crippen LogP contribution in [0.5, 0.6) is 0 Å². The lowest BCUT2D eigenvalue weighted by Crippen LogP contribution is -2.35. The van der Waals surface area contributed by atoms with Gasteiger partial charge in [-0.2, -0.15) is 13.2 Å². The predicted octanol–water partition coefficient (Wildman–Crippen LogP) is 4.33. The zero-order valence-electron chi connectivity index (χ0n) is 15.1. The first kappa shape index (κ1) is 20.2. The minimum atomic E-state index is -4.53. The molecule has 9 heteroatoms. The van der Waals surface area contributed by atoms with Crippen LogP contribution in [0.4, 0.5) is 24.5 Å². The van der Waals surface area contributed by atoms with Crippen molar-refractivity contribution in [1.82, 2.24) is 0 Å². The molecule has 2 aromatic carbocycles. The molecular formula is C19H19F3N2O3S. The number of carbonyl (C=O) groups is 1. The van der Waals surface area contributed by atoms with Crippen LogP contribution in [-0.4, -0.2) is 20.9 Å². The number of anilines is 2. The highest BCUT2D eigenvalue weighted by molar-refractivity contribution is 7.92. The summed E-state index contributed by atoms with van der Waals surface area (Å²) in [6.07, 6.45) is -2.27. The maximum Gasteiger partial charge on any atom is 0.416 e. The molecule has 0 aliphatic carbocycles. The predicted molar refractivity (Wildman–Crippen MR) is 99.6 cm³/mol. The van der Waals surface area contributed by atoms with Crippen molar-refractivity contribution >= 4 is 27.3 Å². The maximum absolute atomic E-state index is 12.6. The second-order valence-electron chi connectivity index (χ2n) is 6.63. The van der Waals surface area contributed by atoms with Gasteiger partial charge in [0.2, 0.25) is 5.91 Å². The SMILES string of the molecule is Cc1cc(NS(=O)(=O)c2ccc(C(F)(F)F)cc2)ccc1N1CCCCC1=O. The van der Waals surface area contributed by atoms with Crippen LogP contribution in [0.15, 0.2) is 47.4 Å². The molecule has 0 aromatic heterocycles. The number of piperidine rings is 1. The molecule has 1 aliphatic heterocycles. The van der Waals surface area contributed by atoms with Gasteiger partial charge in [-0.05, 0) is 67.8 Å². The lowest BCUT2D eigenvalue weighted by atomic mass is 10.1. The molecule has 0 radical (unpaired) electrons. The molecule has 5 nitrogen and oxygen atoms in total. The smallest absolute Gasteiger partial charge is 0.312 e. The Hall–Kier alpha value is -2.55. The molecule has 1 amide bonds. The van der Waals surface area contributed by atoms with Crippen molar-refractivity contribution in [1.29, 1.82) is 0 Å². The molecule has 2 aromatic rings. The number of benzene rings is 2. The number of alkyl halides is 3. The van der Waals surface area contributed by atoms with Gasteiger partial charge in [-0.1, -0.05) is 0 Å². The number of hydrogen-bond acceptors (Lipinski definition) is 3. The first-order valence-electron chi connectivity index (χ1n) is 8.69. The van der Waals surface area contributed by atoms with E-state index in [9.17, 15) is 26.4 Å². The van der Waals surface area contributed by atoms with Gasteiger partial charge in [-0.15, -0.1) is 0 Å². The van der Waals surface area contributed by atoms with Gasteiger partial charge >= 0.3 is 6.18 Å². The van der Waals surface area contributed by atoms with E-state index >= 15 is 0 Å². The van der Waals surface area contributed by atoms with E-state index in [4.69, 9.17) is 0 Å². The number of aryl methyl sites for hydroxylation is 1. The summed E-state index contributed by atoms with van der Waals surface area (Å²) in [5.41, 5.74) is 0.800. The van der Waals surface area contributed by atoms with Gasteiger partial charge in [-0.25, -0.2) is 8.42 Å². The second-order valence-corrected chi connectivity index (χ2v) is 8.31. The van der Waals surface area contributed by atoms with Crippen LogP contribution in [0.2, 0.25) is 0 Å². The molecule has 0 unspecified atom stereocenters. The van der Waals surface area contributed by atoms with Gasteiger partial charge < -0.3 is 4.90 Å². The van der Waals surface area contributed by atoms with Crippen molar-refractivity contribution in [3.8, 4) is 0 Å². The van der Waals surface area contributed by atoms with Crippen molar-refractivity contribution in [2.24, 2.45) is 0 Å². The van der Waals surface area contributed by atoms with E-state index < -0.39 is 21.8 Å². The number of halogens is 3. The van der Waals surface area contributed by atoms with Crippen LogP contribution >= 0.6 is 0 Å². The number of nitrogens with zero attached hydrogens (tertiary/aromatic N) is 1. The van der Waals surface area contributed by atoms with E-state index in [-0.39, 0.29) is 16.5 Å². The Morgan fingerprint density at radius 2 is 1.71 bits per heavy atom. The first-order chi connectivity index (χ1) is 13.1. The molecule has 1 aliphatic rings. The molecule has 1 heterocycles. The molecular weight excluding hydrogens is 393 g/mol. The van der Waals surface area contributed by atoms with Crippen LogP contribution in [0.1, 0.15) is 30.4 Å². The Morgan fingerprint density at radius 1 is 1.04 bits per heavy atom. The Bertz CT molecular complexity index is 986. The number of sulfonamides is 1. The Labute approximate surface area is 161 Å². The lowest BCUT2D eigenvalue weighted by molar-refractivity contribution is -0.137. The number of hydrogen-bond donors (Lipinski definition) is 1. The highest BCUT2D eigenvalue weighted by atomic mass is 32.2. The second kappa shape index (κ2) is 7.46. The van der Waals surface area contributed by atoms with Crippen molar-refractivity contribution < 1.29 is 26.4 Å². The average molecular weight is 412 g/mol. The highest BCUT2D eigenvalue weighted by Crippen LogP contribution is 2.31. The Balaban J connectivity index is 1.81. The fourth-order valence-corrected chi connectivity index (χ4v) is 4.17. The van der Waals surface area contributed by atoms with Crippen molar-refractivity contribution in [2.45, 2.75) is 37.3 Å². The molecule has 150 valence electrons. The van der Waals surface area contributed by atoms with Gasteiger partial charge in [0.25, 0.3) is 10.0 Å². The largest absolute Gasteiger partial charge is 0.416 e. The molecule has 0 spiro atoms. The molecule has 3 rings (SSSR count). The summed E-state index contributed by atoms with van der Waals surface area (Å²) in [5.74, 6) is 0.0347. The summed E-state index contributed by atoms with van der Waals surface area (Å²) >= 11 is 0. The van der Waals surface area contributed by atoms with E-state index in [1.165, 1.54) is 6.07 Å². The molecule has 1 saturated heterocycles. The van der Waals surface area contributed by atoms with Crippen molar-refractivity contribution in [2.75, 3.05) is 16.2 Å². The third-order valence-corrected chi connectivity index (χ3v) is 5.95. The van der Waals surface area contributed by atoms with E-state index in [0.29, 0.717) is 13.0 Å². The van der Waals surface area contributed by atoms with Crippen LogP contribution in [0.25, 0.3) is 0 Å². The van der Waals surface area contributed by atoms with Crippen LogP contribution in [0, 0.1) is 6.92 Å². The topological polar surface area (TPSA) is 66.5 Å². The summed E-state index contributed by atoms with van der Waals surface area (Å²) in [4.78, 5) is 13.5. The van der Waals surface area contributed by atoms with Gasteiger partial charge in [0.05, 0.1) is 10.5 Å². The molecule has 0 saturated carbocycles. The number of rotatable bonds is 4. The minimum absolute atomic E-state index is 0.0347. The van der Waals surface area contributed by atoms with E-state index in [2.05, 4.69) is 4.72 Å². The lowest BCUT2D eigenvalue weighted by Gasteiger charge is -2.28. The van der Waals surface area contributed by atoms with Gasteiger partial charge in [0.1, 0.15) is 0 Å². The van der Waals surface area contributed by atoms with Gasteiger partial charge in [0.15, 0.2) is 0 Å². The standard InChI is InChI=1S/C19H19F3N2O3S/c1-13-12-15(7-10-17(13)24-11-3-2-4-18(24)25)23-28(26,27)16-8-5-14(6-9-16)19(20,21)22/h5-10,12,23H,2-4,11H2,1H3. The fraction of sp³-hybridized carbons (Fsp3) is 0.316. The van der Waals surface area contributed by atoms with Crippen LogP contribution in [-0.2, 0) is 21.0 Å². The number of amides is 1. The normalized spacial score (nSPS) is 15.6. The Kier molecular flexibility index (Phi) is 5.38. The number of nitrogens with one attached hydrogen (secondary N) is 1. The van der Waals surface area contributed by atoms with Crippen molar-refractivity contribution in [3.05, 3.63) is 53.6 Å². The van der Waals surface area contributed by atoms with Crippen molar-refractivity contribution in [3.63, 3.8) is 0 Å². The van der Waals surface area contributed by atoms with Crippen LogP contribution < -0.4 is 9.62 Å². The minimum Gasteiger partial charge on any atom is -0.312 e. The third kappa shape index (κ3) is 4.30. The monoisotopic (exact) mass is 412 g/mol. The highest BCUT2D eigenvalue weighted by Gasteiger charge is 2.30. The summed E-state index contributed by atoms with van der Waals surface area (Å²) < 4.78 is 65.2. The van der Waals surface area contributed by atoms with Gasteiger partial charge in [-0.3, -0.25) is 9.52 Å². The van der Waals surface area contributed by atoms with Crippen LogP contribution in [0.3, 0.4) is 0 Å². The molecule has 1 fully saturated rings. The Morgan fingerprint density at radius 3 is 2.29 bits per heavy atom. The summed E-state index contributed by atoms with van der Waals surface area (Å²) in [6.45, 7) is 2.39. The van der Waals surface area contributed by atoms with E-state index in [1.807, 2.05) is 0 Å². The number of carbonyl (C=O) groups excluding carboxylic acids is 1. The zero-order chi connectivity index (χ0) is 20.5. The fourth-order valence-electron chi connectivity index (χ4n) is 3.12. The first-order valence-corrected chi connectivity index (χ1v) is 10.2. The molecule has 1 N–H and O–H groups in total. The molecule has 0 bridgehead atoms. The van der Waals surface area contributed by atoms with Gasteiger partial charge in [0, 0.05) is 24.3 Å². The molecule has 0 atom stereocenters. The summed E-state index contributed by atoms with van der Waals surface area (Å²) in [7, 11) is -4.04. The quantitative estimate of drug-likeness (QED) is 0.813. The zero-order valence-corrected chi connectivity index (χ0v) is 15.9. The maximum atomic E-state index is 12.6. The summed E-state index contributed by atoms with van der Waals surface area (Å²) in [5, 5.41) is 0. The average Bonchev–Trinajstić information content (AvgIpc) is 2.62. The summed E-state index contributed by atoms with van der Waals surface area (Å²) in [6, 6.07) is 8.08. The third-order valence-electron chi connectivity index (χ3n) is 4.56. The van der Waals surface area contributed by atoms with E-state index in [1.54, 1.807) is 24.0 Å². The molecule has 28 heavy (non-hydrogen) atoms.